The molecule has 1 aliphatic heterocycles. The molecule has 0 unspecified atom stereocenters. The van der Waals surface area contributed by atoms with Crippen LogP contribution in [0.4, 0.5) is 0 Å². The predicted molar refractivity (Wildman–Crippen MR) is 97.7 cm³/mol. The Morgan fingerprint density at radius 1 is 1.13 bits per heavy atom. The lowest BCUT2D eigenvalue weighted by Gasteiger charge is -2.31. The molecule has 3 rings (SSSR count). The molecule has 1 aromatic carbocycles. The number of para-hydroxylation sites is 2. The largest absolute Gasteiger partial charge is 0.331 e. The number of unbranched alkanes of at least 4 members (excludes halogenated alkanes) is 1. The highest BCUT2D eigenvalue weighted by atomic mass is 15.1. The summed E-state index contributed by atoms with van der Waals surface area (Å²) < 4.78 is 2.26. The topological polar surface area (TPSA) is 21.1 Å². The Hall–Kier alpha value is -1.35. The summed E-state index contributed by atoms with van der Waals surface area (Å²) in [6, 6.07) is 8.44. The molecule has 3 nitrogen and oxygen atoms in total. The number of likely N-dealkylation sites (tertiary alicyclic amines) is 1. The first-order chi connectivity index (χ1) is 11.3. The second-order valence-corrected chi connectivity index (χ2v) is 7.11. The first-order valence-electron chi connectivity index (χ1n) is 9.40. The molecule has 0 aliphatic carbocycles. The van der Waals surface area contributed by atoms with Crippen molar-refractivity contribution in [2.24, 2.45) is 13.0 Å². The molecule has 23 heavy (non-hydrogen) atoms. The number of hydrogen-bond acceptors (Lipinski definition) is 2. The molecule has 0 saturated carbocycles. The molecular weight excluding hydrogens is 282 g/mol. The van der Waals surface area contributed by atoms with Gasteiger partial charge in [0.05, 0.1) is 11.0 Å². The van der Waals surface area contributed by atoms with Crippen molar-refractivity contribution in [3.63, 3.8) is 0 Å². The third kappa shape index (κ3) is 4.14. The van der Waals surface area contributed by atoms with Gasteiger partial charge in [0.2, 0.25) is 0 Å². The molecule has 0 N–H and O–H groups in total. The number of benzene rings is 1. The van der Waals surface area contributed by atoms with Gasteiger partial charge in [0.25, 0.3) is 0 Å². The quantitative estimate of drug-likeness (QED) is 0.755. The Labute approximate surface area is 140 Å². The zero-order valence-electron chi connectivity index (χ0n) is 14.8. The summed E-state index contributed by atoms with van der Waals surface area (Å²) >= 11 is 0. The van der Waals surface area contributed by atoms with Gasteiger partial charge < -0.3 is 9.47 Å². The highest BCUT2D eigenvalue weighted by molar-refractivity contribution is 5.75. The summed E-state index contributed by atoms with van der Waals surface area (Å²) in [5.41, 5.74) is 2.38. The van der Waals surface area contributed by atoms with Gasteiger partial charge in [0.1, 0.15) is 5.82 Å². The molecule has 2 aromatic rings. The van der Waals surface area contributed by atoms with Crippen LogP contribution >= 0.6 is 0 Å². The van der Waals surface area contributed by atoms with E-state index < -0.39 is 0 Å². The van der Waals surface area contributed by atoms with E-state index in [0.29, 0.717) is 0 Å². The van der Waals surface area contributed by atoms with Crippen molar-refractivity contribution in [2.75, 3.05) is 19.6 Å². The number of aromatic nitrogens is 2. The number of nitrogens with zero attached hydrogens (tertiary/aromatic N) is 3. The van der Waals surface area contributed by atoms with Gasteiger partial charge in [-0.25, -0.2) is 4.98 Å². The molecule has 0 bridgehead atoms. The molecule has 0 spiro atoms. The van der Waals surface area contributed by atoms with Crippen molar-refractivity contribution in [1.82, 2.24) is 14.5 Å². The first-order valence-corrected chi connectivity index (χ1v) is 9.40. The Morgan fingerprint density at radius 2 is 1.91 bits per heavy atom. The average Bonchev–Trinajstić information content (AvgIpc) is 2.91. The van der Waals surface area contributed by atoms with Gasteiger partial charge in [-0.1, -0.05) is 38.3 Å². The van der Waals surface area contributed by atoms with Crippen LogP contribution in [-0.4, -0.2) is 34.1 Å². The van der Waals surface area contributed by atoms with Gasteiger partial charge >= 0.3 is 0 Å². The van der Waals surface area contributed by atoms with E-state index in [1.807, 2.05) is 0 Å². The van der Waals surface area contributed by atoms with Crippen molar-refractivity contribution in [1.29, 1.82) is 0 Å². The van der Waals surface area contributed by atoms with Gasteiger partial charge in [-0.3, -0.25) is 0 Å². The number of rotatable bonds is 7. The van der Waals surface area contributed by atoms with Gasteiger partial charge in [-0.15, -0.1) is 0 Å². The van der Waals surface area contributed by atoms with E-state index in [4.69, 9.17) is 4.98 Å². The molecule has 1 aliphatic rings. The fourth-order valence-corrected chi connectivity index (χ4v) is 3.87. The van der Waals surface area contributed by atoms with E-state index in [0.717, 1.165) is 17.9 Å². The van der Waals surface area contributed by atoms with Crippen LogP contribution in [0.25, 0.3) is 11.0 Å². The fourth-order valence-electron chi connectivity index (χ4n) is 3.87. The van der Waals surface area contributed by atoms with E-state index >= 15 is 0 Å². The van der Waals surface area contributed by atoms with Crippen LogP contribution in [0, 0.1) is 5.92 Å². The molecule has 1 saturated heterocycles. The minimum Gasteiger partial charge on any atom is -0.331 e. The summed E-state index contributed by atoms with van der Waals surface area (Å²) in [6.07, 6.45) is 9.33. The van der Waals surface area contributed by atoms with Gasteiger partial charge in [-0.05, 0) is 56.9 Å². The smallest absolute Gasteiger partial charge is 0.109 e. The van der Waals surface area contributed by atoms with Crippen LogP contribution in [0.5, 0.6) is 0 Å². The number of hydrogen-bond donors (Lipinski definition) is 0. The Balaban J connectivity index is 1.44. The zero-order valence-corrected chi connectivity index (χ0v) is 14.8. The number of fused-ring (bicyclic) bond motifs is 1. The second kappa shape index (κ2) is 7.96. The Bertz CT molecular complexity index is 608. The summed E-state index contributed by atoms with van der Waals surface area (Å²) in [4.78, 5) is 7.44. The highest BCUT2D eigenvalue weighted by Crippen LogP contribution is 2.23. The Morgan fingerprint density at radius 3 is 2.65 bits per heavy atom. The molecule has 0 radical (unpaired) electrons. The van der Waals surface area contributed by atoms with Crippen LogP contribution in [-0.2, 0) is 13.5 Å². The summed E-state index contributed by atoms with van der Waals surface area (Å²) in [5, 5.41) is 0. The van der Waals surface area contributed by atoms with Crippen LogP contribution in [0.3, 0.4) is 0 Å². The highest BCUT2D eigenvalue weighted by Gasteiger charge is 2.18. The van der Waals surface area contributed by atoms with Crippen LogP contribution < -0.4 is 0 Å². The predicted octanol–water partition coefficient (Wildman–Crippen LogP) is 4.41. The molecule has 2 heterocycles. The van der Waals surface area contributed by atoms with E-state index in [-0.39, 0.29) is 0 Å². The molecule has 0 amide bonds. The van der Waals surface area contributed by atoms with Crippen molar-refractivity contribution < 1.29 is 0 Å². The average molecular weight is 313 g/mol. The first kappa shape index (κ1) is 16.5. The summed E-state index contributed by atoms with van der Waals surface area (Å²) in [6.45, 7) is 6.13. The summed E-state index contributed by atoms with van der Waals surface area (Å²) in [5.74, 6) is 2.22. The lowest BCUT2D eigenvalue weighted by Crippen LogP contribution is -2.34. The molecule has 0 atom stereocenters. The minimum atomic E-state index is 0.992. The van der Waals surface area contributed by atoms with Crippen molar-refractivity contribution >= 4 is 11.0 Å². The lowest BCUT2D eigenvalue weighted by atomic mass is 9.91. The van der Waals surface area contributed by atoms with E-state index in [9.17, 15) is 0 Å². The van der Waals surface area contributed by atoms with Crippen molar-refractivity contribution in [3.05, 3.63) is 30.1 Å². The second-order valence-electron chi connectivity index (χ2n) is 7.11. The van der Waals surface area contributed by atoms with Crippen LogP contribution in [0.1, 0.15) is 51.3 Å². The SMILES string of the molecule is CCCCC1CCN(CCCc2nc3ccccc3n2C)CC1. The van der Waals surface area contributed by atoms with Crippen LogP contribution in [0.2, 0.25) is 0 Å². The number of imidazole rings is 1. The maximum absolute atomic E-state index is 4.79. The lowest BCUT2D eigenvalue weighted by molar-refractivity contribution is 0.176. The van der Waals surface area contributed by atoms with E-state index in [1.165, 1.54) is 69.5 Å². The minimum absolute atomic E-state index is 0.992. The van der Waals surface area contributed by atoms with Crippen LogP contribution in [0.15, 0.2) is 24.3 Å². The van der Waals surface area contributed by atoms with Crippen molar-refractivity contribution in [3.8, 4) is 0 Å². The fraction of sp³-hybridized carbons (Fsp3) is 0.650. The van der Waals surface area contributed by atoms with Crippen molar-refractivity contribution in [2.45, 2.75) is 51.9 Å². The van der Waals surface area contributed by atoms with Gasteiger partial charge in [0.15, 0.2) is 0 Å². The third-order valence-electron chi connectivity index (χ3n) is 5.43. The third-order valence-corrected chi connectivity index (χ3v) is 5.43. The normalized spacial score (nSPS) is 17.1. The molecule has 1 aromatic heterocycles. The molecule has 3 heteroatoms. The monoisotopic (exact) mass is 313 g/mol. The van der Waals surface area contributed by atoms with E-state index in [2.05, 4.69) is 47.7 Å². The Kier molecular flexibility index (Phi) is 5.71. The molecular formula is C20H31N3. The maximum Gasteiger partial charge on any atom is 0.109 e. The number of aryl methyl sites for hydroxylation is 2. The standard InChI is InChI=1S/C20H31N3/c1-3-4-8-17-12-15-23(16-13-17)14-7-11-20-21-18-9-5-6-10-19(18)22(20)2/h5-6,9-10,17H,3-4,7-8,11-16H2,1-2H3. The molecule has 1 fully saturated rings. The molecule has 126 valence electrons. The zero-order chi connectivity index (χ0) is 16.1. The number of piperidine rings is 1. The summed E-state index contributed by atoms with van der Waals surface area (Å²) in [7, 11) is 2.14. The van der Waals surface area contributed by atoms with Gasteiger partial charge in [-0.2, -0.15) is 0 Å². The van der Waals surface area contributed by atoms with Gasteiger partial charge in [0, 0.05) is 13.5 Å². The van der Waals surface area contributed by atoms with E-state index in [1.54, 1.807) is 0 Å². The maximum atomic E-state index is 4.79.